The van der Waals surface area contributed by atoms with Crippen molar-refractivity contribution in [2.75, 3.05) is 24.6 Å². The molecular formula is C32H26F4N6O2. The molecule has 7 rings (SSSR count). The van der Waals surface area contributed by atoms with Gasteiger partial charge in [0.15, 0.2) is 5.82 Å². The molecule has 0 spiro atoms. The number of halogens is 4. The molecule has 12 heteroatoms. The van der Waals surface area contributed by atoms with Crippen LogP contribution >= 0.6 is 0 Å². The maximum atomic E-state index is 15.2. The lowest BCUT2D eigenvalue weighted by molar-refractivity contribution is -0.0212. The SMILES string of the molecule is C[C@@H]1CN(Cc2cc3c4c(ccc(F)c4c2)N(c2cc(-c4ccc(F)cc4-c4nncn4C)cc(C(F)F)n2)C3=O)CCO1. The van der Waals surface area contributed by atoms with Crippen LogP contribution in [0.15, 0.2) is 60.9 Å². The molecule has 2 aliphatic rings. The van der Waals surface area contributed by atoms with Crippen LogP contribution in [0.3, 0.4) is 0 Å². The van der Waals surface area contributed by atoms with E-state index < -0.39 is 29.7 Å². The minimum Gasteiger partial charge on any atom is -0.376 e. The third-order valence-corrected chi connectivity index (χ3v) is 8.03. The Morgan fingerprint density at radius 2 is 1.86 bits per heavy atom. The number of benzene rings is 3. The van der Waals surface area contributed by atoms with E-state index in [-0.39, 0.29) is 28.4 Å². The predicted molar refractivity (Wildman–Crippen MR) is 156 cm³/mol. The van der Waals surface area contributed by atoms with Crippen molar-refractivity contribution < 1.29 is 27.1 Å². The number of pyridine rings is 1. The molecule has 1 fully saturated rings. The lowest BCUT2D eigenvalue weighted by Crippen LogP contribution is -2.40. The van der Waals surface area contributed by atoms with Crippen LogP contribution in [0.5, 0.6) is 0 Å². The lowest BCUT2D eigenvalue weighted by atomic mass is 9.98. The molecule has 44 heavy (non-hydrogen) atoms. The van der Waals surface area contributed by atoms with E-state index in [1.807, 2.05) is 6.92 Å². The average Bonchev–Trinajstić information content (AvgIpc) is 3.55. The number of rotatable bonds is 6. The number of aromatic nitrogens is 4. The second-order valence-corrected chi connectivity index (χ2v) is 11.1. The van der Waals surface area contributed by atoms with Gasteiger partial charge in [-0.2, -0.15) is 0 Å². The number of hydrogen-bond acceptors (Lipinski definition) is 6. The zero-order valence-corrected chi connectivity index (χ0v) is 23.8. The zero-order chi connectivity index (χ0) is 30.7. The first kappa shape index (κ1) is 28.1. The van der Waals surface area contributed by atoms with Gasteiger partial charge in [-0.05, 0) is 72.1 Å². The monoisotopic (exact) mass is 602 g/mol. The quantitative estimate of drug-likeness (QED) is 0.209. The van der Waals surface area contributed by atoms with Gasteiger partial charge in [0.2, 0.25) is 0 Å². The molecule has 1 saturated heterocycles. The van der Waals surface area contributed by atoms with Gasteiger partial charge in [-0.1, -0.05) is 6.07 Å². The minimum absolute atomic E-state index is 0.0532. The number of ether oxygens (including phenoxy) is 1. The van der Waals surface area contributed by atoms with Crippen molar-refractivity contribution in [1.82, 2.24) is 24.6 Å². The average molecular weight is 603 g/mol. The van der Waals surface area contributed by atoms with E-state index in [1.165, 1.54) is 53.7 Å². The van der Waals surface area contributed by atoms with E-state index in [4.69, 9.17) is 4.74 Å². The van der Waals surface area contributed by atoms with Gasteiger partial charge < -0.3 is 9.30 Å². The number of carbonyl (C=O) groups is 1. The maximum absolute atomic E-state index is 15.2. The van der Waals surface area contributed by atoms with Crippen LogP contribution in [0.4, 0.5) is 29.1 Å². The summed E-state index contributed by atoms with van der Waals surface area (Å²) in [5.74, 6) is -1.29. The van der Waals surface area contributed by atoms with Crippen LogP contribution in [0.1, 0.15) is 35.0 Å². The Kier molecular flexibility index (Phi) is 6.90. The molecule has 2 aromatic heterocycles. The van der Waals surface area contributed by atoms with E-state index in [9.17, 15) is 18.0 Å². The fraction of sp³-hybridized carbons (Fsp3) is 0.250. The van der Waals surface area contributed by atoms with Crippen LogP contribution in [-0.4, -0.2) is 56.4 Å². The van der Waals surface area contributed by atoms with Gasteiger partial charge in [-0.25, -0.2) is 22.5 Å². The third kappa shape index (κ3) is 4.80. The Bertz CT molecular complexity index is 1940. The van der Waals surface area contributed by atoms with Crippen molar-refractivity contribution in [3.8, 4) is 22.5 Å². The van der Waals surface area contributed by atoms with Crippen LogP contribution in [-0.2, 0) is 18.3 Å². The molecule has 224 valence electrons. The maximum Gasteiger partial charge on any atom is 0.280 e. The van der Waals surface area contributed by atoms with E-state index in [1.54, 1.807) is 23.7 Å². The summed E-state index contributed by atoms with van der Waals surface area (Å²) in [7, 11) is 1.68. The highest BCUT2D eigenvalue weighted by molar-refractivity contribution is 6.27. The summed E-state index contributed by atoms with van der Waals surface area (Å²) in [5.41, 5.74) is 1.77. The molecule has 0 bridgehead atoms. The van der Waals surface area contributed by atoms with E-state index in [2.05, 4.69) is 20.1 Å². The fourth-order valence-electron chi connectivity index (χ4n) is 6.09. The molecule has 3 aromatic carbocycles. The summed E-state index contributed by atoms with van der Waals surface area (Å²) in [4.78, 5) is 21.6. The second-order valence-electron chi connectivity index (χ2n) is 11.1. The molecule has 1 atom stereocenters. The summed E-state index contributed by atoms with van der Waals surface area (Å²) in [6.07, 6.45) is -1.47. The topological polar surface area (TPSA) is 76.4 Å². The van der Waals surface area contributed by atoms with Crippen molar-refractivity contribution in [1.29, 1.82) is 0 Å². The zero-order valence-electron chi connectivity index (χ0n) is 23.8. The first-order valence-corrected chi connectivity index (χ1v) is 14.1. The summed E-state index contributed by atoms with van der Waals surface area (Å²) >= 11 is 0. The van der Waals surface area contributed by atoms with Gasteiger partial charge in [0, 0.05) is 43.0 Å². The van der Waals surface area contributed by atoms with E-state index in [0.717, 1.165) is 5.56 Å². The third-order valence-electron chi connectivity index (χ3n) is 8.03. The molecule has 4 heterocycles. The van der Waals surface area contributed by atoms with Crippen molar-refractivity contribution in [3.05, 3.63) is 89.4 Å². The fourth-order valence-corrected chi connectivity index (χ4v) is 6.09. The predicted octanol–water partition coefficient (Wildman–Crippen LogP) is 6.43. The lowest BCUT2D eigenvalue weighted by Gasteiger charge is -2.31. The molecule has 0 radical (unpaired) electrons. The van der Waals surface area contributed by atoms with Crippen molar-refractivity contribution in [2.24, 2.45) is 7.05 Å². The summed E-state index contributed by atoms with van der Waals surface area (Å²) in [5, 5.41) is 8.59. The molecule has 0 N–H and O–H groups in total. The summed E-state index contributed by atoms with van der Waals surface area (Å²) in [6, 6.07) is 12.8. The molecule has 8 nitrogen and oxygen atoms in total. The Morgan fingerprint density at radius 1 is 1.02 bits per heavy atom. The van der Waals surface area contributed by atoms with Gasteiger partial charge in [0.25, 0.3) is 12.3 Å². The number of alkyl halides is 2. The van der Waals surface area contributed by atoms with Crippen molar-refractivity contribution in [2.45, 2.75) is 26.0 Å². The number of hydrogen-bond donors (Lipinski definition) is 0. The molecule has 0 saturated carbocycles. The minimum atomic E-state index is -2.97. The van der Waals surface area contributed by atoms with Crippen molar-refractivity contribution >= 4 is 28.2 Å². The summed E-state index contributed by atoms with van der Waals surface area (Å²) in [6.45, 7) is 4.45. The summed E-state index contributed by atoms with van der Waals surface area (Å²) < 4.78 is 65.4. The first-order valence-electron chi connectivity index (χ1n) is 14.1. The number of morpholine rings is 1. The molecular weight excluding hydrogens is 576 g/mol. The van der Waals surface area contributed by atoms with Crippen LogP contribution in [0.2, 0.25) is 0 Å². The van der Waals surface area contributed by atoms with Gasteiger partial charge >= 0.3 is 0 Å². The number of carbonyl (C=O) groups excluding carboxylic acids is 1. The van der Waals surface area contributed by atoms with Gasteiger partial charge in [-0.3, -0.25) is 14.6 Å². The van der Waals surface area contributed by atoms with Crippen LogP contribution in [0, 0.1) is 11.6 Å². The van der Waals surface area contributed by atoms with E-state index >= 15 is 4.39 Å². The number of amides is 1. The largest absolute Gasteiger partial charge is 0.376 e. The highest BCUT2D eigenvalue weighted by Gasteiger charge is 2.34. The van der Waals surface area contributed by atoms with Gasteiger partial charge in [0.1, 0.15) is 29.5 Å². The molecule has 5 aromatic rings. The Morgan fingerprint density at radius 3 is 2.61 bits per heavy atom. The number of anilines is 2. The number of nitrogens with zero attached hydrogens (tertiary/aromatic N) is 6. The highest BCUT2D eigenvalue weighted by atomic mass is 19.3. The molecule has 0 aliphatic carbocycles. The van der Waals surface area contributed by atoms with E-state index in [0.29, 0.717) is 54.3 Å². The van der Waals surface area contributed by atoms with Crippen molar-refractivity contribution in [3.63, 3.8) is 0 Å². The first-order chi connectivity index (χ1) is 21.2. The smallest absolute Gasteiger partial charge is 0.280 e. The Labute approximate surface area is 249 Å². The normalized spacial score (nSPS) is 16.9. The molecule has 0 unspecified atom stereocenters. The van der Waals surface area contributed by atoms with Gasteiger partial charge in [0.05, 0.1) is 24.0 Å². The standard InChI is InChI=1S/C32H26F4N6O2/c1-17-14-41(7-8-44-17)15-18-9-23-25(34)5-6-27-29(23)24(10-18)32(43)42(27)28-12-19(11-26(38-28)30(35)36)21-4-3-20(33)13-22(21)31-39-37-16-40(31)2/h3-6,9-13,16-17,30H,7-8,14-15H2,1-2H3/t17-/m1/s1. The Balaban J connectivity index is 1.35. The highest BCUT2D eigenvalue weighted by Crippen LogP contribution is 2.44. The van der Waals surface area contributed by atoms with Crippen LogP contribution < -0.4 is 4.90 Å². The Hall–Kier alpha value is -4.68. The molecule has 1 amide bonds. The number of aryl methyl sites for hydroxylation is 1. The van der Waals surface area contributed by atoms with Gasteiger partial charge in [-0.15, -0.1) is 10.2 Å². The van der Waals surface area contributed by atoms with Crippen LogP contribution in [0.25, 0.3) is 33.3 Å². The molecule has 2 aliphatic heterocycles. The second kappa shape index (κ2) is 10.8.